The topological polar surface area (TPSA) is 53.7 Å². The first kappa shape index (κ1) is 13.1. The second kappa shape index (κ2) is 6.05. The molecule has 2 rings (SSSR count). The minimum atomic E-state index is -0.923. The fourth-order valence-electron chi connectivity index (χ4n) is 2.68. The van der Waals surface area contributed by atoms with Crippen molar-refractivity contribution >= 4 is 5.97 Å². The van der Waals surface area contributed by atoms with Gasteiger partial charge in [0, 0.05) is 6.04 Å². The van der Waals surface area contributed by atoms with Crippen LogP contribution in [0.3, 0.4) is 0 Å². The van der Waals surface area contributed by atoms with Gasteiger partial charge >= 0.3 is 5.97 Å². The van der Waals surface area contributed by atoms with Crippen LogP contribution < -0.4 is 0 Å². The number of carbonyl (C=O) groups is 1. The molecule has 0 bridgehead atoms. The van der Waals surface area contributed by atoms with Crippen molar-refractivity contribution in [3.63, 3.8) is 0 Å². The van der Waals surface area contributed by atoms with Crippen LogP contribution in [-0.4, -0.2) is 28.6 Å². The van der Waals surface area contributed by atoms with E-state index in [4.69, 9.17) is 9.52 Å². The Morgan fingerprint density at radius 3 is 3.00 bits per heavy atom. The summed E-state index contributed by atoms with van der Waals surface area (Å²) < 4.78 is 5.34. The van der Waals surface area contributed by atoms with Crippen LogP contribution in [0, 0.1) is 0 Å². The second-order valence-corrected chi connectivity index (χ2v) is 4.99. The van der Waals surface area contributed by atoms with Crippen molar-refractivity contribution in [3.05, 3.63) is 23.7 Å². The molecular formula is C14H21NO3. The molecule has 0 aromatic carbocycles. The zero-order valence-corrected chi connectivity index (χ0v) is 10.9. The Balaban J connectivity index is 2.02. The summed E-state index contributed by atoms with van der Waals surface area (Å²) in [5.74, 6) is -0.166. The lowest BCUT2D eigenvalue weighted by molar-refractivity contribution is 0.0696. The maximum Gasteiger partial charge on any atom is 0.338 e. The molecule has 1 aliphatic rings. The highest BCUT2D eigenvalue weighted by molar-refractivity contribution is 5.87. The number of hydrogen-bond donors (Lipinski definition) is 1. The number of carboxylic acids is 1. The number of carboxylic acid groups (broad SMARTS) is 1. The Hall–Kier alpha value is -1.29. The molecule has 1 aromatic heterocycles. The van der Waals surface area contributed by atoms with Crippen LogP contribution in [0.5, 0.6) is 0 Å². The van der Waals surface area contributed by atoms with Crippen molar-refractivity contribution in [2.75, 3.05) is 6.54 Å². The lowest BCUT2D eigenvalue weighted by atomic mass is 10.1. The van der Waals surface area contributed by atoms with Gasteiger partial charge in [-0.05, 0) is 31.9 Å². The van der Waals surface area contributed by atoms with Gasteiger partial charge in [-0.3, -0.25) is 4.90 Å². The van der Waals surface area contributed by atoms with Gasteiger partial charge in [0.15, 0.2) is 0 Å². The van der Waals surface area contributed by atoms with Gasteiger partial charge in [-0.2, -0.15) is 0 Å². The lowest BCUT2D eigenvalue weighted by Crippen LogP contribution is -2.33. The minimum absolute atomic E-state index is 0.243. The molecule has 1 atom stereocenters. The lowest BCUT2D eigenvalue weighted by Gasteiger charge is -2.28. The summed E-state index contributed by atoms with van der Waals surface area (Å²) in [5.41, 5.74) is 0.243. The second-order valence-electron chi connectivity index (χ2n) is 4.99. The standard InChI is InChI=1S/C14H21NO3/c1-2-12-6-4-3-5-7-15(12)9-13-8-11(10-18-13)14(16)17/h8,10,12H,2-7,9H2,1H3,(H,16,17). The third-order valence-corrected chi connectivity index (χ3v) is 3.73. The number of rotatable bonds is 4. The Labute approximate surface area is 108 Å². The fraction of sp³-hybridized carbons (Fsp3) is 0.643. The molecule has 0 saturated carbocycles. The van der Waals surface area contributed by atoms with Gasteiger partial charge in [-0.1, -0.05) is 19.8 Å². The Morgan fingerprint density at radius 1 is 1.50 bits per heavy atom. The molecule has 2 heterocycles. The third-order valence-electron chi connectivity index (χ3n) is 3.73. The molecule has 0 amide bonds. The highest BCUT2D eigenvalue weighted by atomic mass is 16.4. The zero-order chi connectivity index (χ0) is 13.0. The van der Waals surface area contributed by atoms with Gasteiger partial charge < -0.3 is 9.52 Å². The van der Waals surface area contributed by atoms with Crippen molar-refractivity contribution < 1.29 is 14.3 Å². The van der Waals surface area contributed by atoms with Crippen LogP contribution in [0.25, 0.3) is 0 Å². The highest BCUT2D eigenvalue weighted by Crippen LogP contribution is 2.22. The molecule has 4 heteroatoms. The molecule has 4 nitrogen and oxygen atoms in total. The van der Waals surface area contributed by atoms with E-state index < -0.39 is 5.97 Å². The van der Waals surface area contributed by atoms with Crippen molar-refractivity contribution in [1.29, 1.82) is 0 Å². The first-order valence-corrected chi connectivity index (χ1v) is 6.75. The first-order valence-electron chi connectivity index (χ1n) is 6.75. The van der Waals surface area contributed by atoms with E-state index >= 15 is 0 Å². The minimum Gasteiger partial charge on any atom is -0.478 e. The van der Waals surface area contributed by atoms with E-state index in [2.05, 4.69) is 11.8 Å². The summed E-state index contributed by atoms with van der Waals surface area (Å²) in [5, 5.41) is 8.87. The van der Waals surface area contributed by atoms with E-state index in [-0.39, 0.29) is 5.56 Å². The van der Waals surface area contributed by atoms with Crippen molar-refractivity contribution in [2.24, 2.45) is 0 Å². The smallest absolute Gasteiger partial charge is 0.338 e. The molecule has 1 fully saturated rings. The predicted octanol–water partition coefficient (Wildman–Crippen LogP) is 3.13. The van der Waals surface area contributed by atoms with Gasteiger partial charge in [0.2, 0.25) is 0 Å². The van der Waals surface area contributed by atoms with Crippen molar-refractivity contribution in [1.82, 2.24) is 4.90 Å². The summed E-state index contributed by atoms with van der Waals surface area (Å²) >= 11 is 0. The fourth-order valence-corrected chi connectivity index (χ4v) is 2.68. The molecule has 1 unspecified atom stereocenters. The van der Waals surface area contributed by atoms with E-state index in [1.807, 2.05) is 0 Å². The van der Waals surface area contributed by atoms with E-state index in [0.29, 0.717) is 6.04 Å². The molecule has 1 aromatic rings. The van der Waals surface area contributed by atoms with Gasteiger partial charge in [0.25, 0.3) is 0 Å². The summed E-state index contributed by atoms with van der Waals surface area (Å²) in [7, 11) is 0. The predicted molar refractivity (Wildman–Crippen MR) is 68.6 cm³/mol. The number of aromatic carboxylic acids is 1. The van der Waals surface area contributed by atoms with E-state index in [0.717, 1.165) is 25.3 Å². The first-order chi connectivity index (χ1) is 8.70. The van der Waals surface area contributed by atoms with Crippen LogP contribution >= 0.6 is 0 Å². The largest absolute Gasteiger partial charge is 0.478 e. The van der Waals surface area contributed by atoms with Gasteiger partial charge in [-0.15, -0.1) is 0 Å². The van der Waals surface area contributed by atoms with E-state index in [9.17, 15) is 4.79 Å². The van der Waals surface area contributed by atoms with Crippen LogP contribution in [0.4, 0.5) is 0 Å². The van der Waals surface area contributed by atoms with Crippen LogP contribution in [0.15, 0.2) is 16.7 Å². The normalized spacial score (nSPS) is 21.7. The molecule has 18 heavy (non-hydrogen) atoms. The van der Waals surface area contributed by atoms with Crippen LogP contribution in [0.2, 0.25) is 0 Å². The number of nitrogens with zero attached hydrogens (tertiary/aromatic N) is 1. The quantitative estimate of drug-likeness (QED) is 0.893. The molecule has 0 spiro atoms. The molecular weight excluding hydrogens is 230 g/mol. The van der Waals surface area contributed by atoms with E-state index in [1.54, 1.807) is 6.07 Å². The van der Waals surface area contributed by atoms with Gasteiger partial charge in [0.05, 0.1) is 12.1 Å². The maximum absolute atomic E-state index is 10.8. The average Bonchev–Trinajstić information content (AvgIpc) is 2.70. The SMILES string of the molecule is CCC1CCCCCN1Cc1cc(C(=O)O)co1. The summed E-state index contributed by atoms with van der Waals surface area (Å²) in [4.78, 5) is 13.2. The Bertz CT molecular complexity index is 399. The van der Waals surface area contributed by atoms with Gasteiger partial charge in [-0.25, -0.2) is 4.79 Å². The molecule has 0 aliphatic carbocycles. The monoisotopic (exact) mass is 251 g/mol. The Morgan fingerprint density at radius 2 is 2.33 bits per heavy atom. The molecule has 1 saturated heterocycles. The summed E-state index contributed by atoms with van der Waals surface area (Å²) in [6.07, 6.45) is 7.54. The van der Waals surface area contributed by atoms with Crippen LogP contribution in [-0.2, 0) is 6.54 Å². The molecule has 1 aliphatic heterocycles. The highest BCUT2D eigenvalue weighted by Gasteiger charge is 2.21. The number of furan rings is 1. The van der Waals surface area contributed by atoms with Crippen LogP contribution in [0.1, 0.15) is 55.1 Å². The maximum atomic E-state index is 10.8. The number of likely N-dealkylation sites (tertiary alicyclic amines) is 1. The molecule has 1 N–H and O–H groups in total. The average molecular weight is 251 g/mol. The van der Waals surface area contributed by atoms with E-state index in [1.165, 1.54) is 31.9 Å². The Kier molecular flexibility index (Phi) is 4.42. The third kappa shape index (κ3) is 3.13. The molecule has 100 valence electrons. The van der Waals surface area contributed by atoms with Crippen molar-refractivity contribution in [2.45, 2.75) is 51.6 Å². The summed E-state index contributed by atoms with van der Waals surface area (Å²) in [6, 6.07) is 2.24. The van der Waals surface area contributed by atoms with Crippen molar-refractivity contribution in [3.8, 4) is 0 Å². The molecule has 0 radical (unpaired) electrons. The summed E-state index contributed by atoms with van der Waals surface area (Å²) in [6.45, 7) is 4.03. The number of hydrogen-bond acceptors (Lipinski definition) is 3. The zero-order valence-electron chi connectivity index (χ0n) is 10.9. The van der Waals surface area contributed by atoms with Gasteiger partial charge in [0.1, 0.15) is 12.0 Å².